The van der Waals surface area contributed by atoms with Crippen molar-refractivity contribution in [1.82, 2.24) is 4.98 Å². The van der Waals surface area contributed by atoms with Crippen LogP contribution in [-0.4, -0.2) is 26.5 Å². The van der Waals surface area contributed by atoms with Gasteiger partial charge in [-0.2, -0.15) is 0 Å². The highest BCUT2D eigenvalue weighted by Gasteiger charge is 2.28. The topological polar surface area (TPSA) is 85.4 Å². The lowest BCUT2D eigenvalue weighted by Gasteiger charge is -2.05. The van der Waals surface area contributed by atoms with Crippen LogP contribution in [0, 0.1) is 12.8 Å². The van der Waals surface area contributed by atoms with Crippen molar-refractivity contribution in [3.8, 4) is 0 Å². The van der Waals surface area contributed by atoms with Crippen molar-refractivity contribution in [2.24, 2.45) is 5.92 Å². The number of thiazole rings is 1. The second-order valence-corrected chi connectivity index (χ2v) is 8.53. The molecule has 0 bridgehead atoms. The van der Waals surface area contributed by atoms with Gasteiger partial charge in [-0.15, -0.1) is 0 Å². The van der Waals surface area contributed by atoms with Gasteiger partial charge in [0.05, 0.1) is 17.7 Å². The lowest BCUT2D eigenvalue weighted by molar-refractivity contribution is 0.0604. The Balaban J connectivity index is 1.87. The van der Waals surface area contributed by atoms with Crippen molar-refractivity contribution in [2.45, 2.75) is 31.1 Å². The third kappa shape index (κ3) is 3.76. The zero-order chi connectivity index (χ0) is 17.3. The summed E-state index contributed by atoms with van der Waals surface area (Å²) in [5.74, 6) is 0.0426. The molecule has 6 nitrogen and oxygen atoms in total. The van der Waals surface area contributed by atoms with Crippen molar-refractivity contribution in [3.05, 3.63) is 40.4 Å². The van der Waals surface area contributed by atoms with E-state index in [0.29, 0.717) is 22.9 Å². The third-order valence-corrected chi connectivity index (χ3v) is 6.28. The molecule has 0 amide bonds. The SMILES string of the molecule is COC(=O)c1sc(NS(=O)(=O)c2ccc(C)cc2)nc1CC1CC1. The van der Waals surface area contributed by atoms with Crippen LogP contribution in [0.15, 0.2) is 29.2 Å². The van der Waals surface area contributed by atoms with Gasteiger partial charge in [0.25, 0.3) is 10.0 Å². The fourth-order valence-corrected chi connectivity index (χ4v) is 4.42. The zero-order valence-corrected chi connectivity index (χ0v) is 15.0. The number of methoxy groups -OCH3 is 1. The summed E-state index contributed by atoms with van der Waals surface area (Å²) in [6, 6.07) is 6.54. The van der Waals surface area contributed by atoms with E-state index in [0.717, 1.165) is 29.7 Å². The zero-order valence-electron chi connectivity index (χ0n) is 13.4. The second kappa shape index (κ2) is 6.52. The van der Waals surface area contributed by atoms with Crippen molar-refractivity contribution >= 4 is 32.5 Å². The van der Waals surface area contributed by atoms with Gasteiger partial charge in [-0.1, -0.05) is 29.0 Å². The quantitative estimate of drug-likeness (QED) is 0.795. The van der Waals surface area contributed by atoms with Gasteiger partial charge in [-0.05, 0) is 44.2 Å². The van der Waals surface area contributed by atoms with Gasteiger partial charge in [0.2, 0.25) is 0 Å². The molecule has 1 heterocycles. The number of carbonyl (C=O) groups is 1. The average molecular weight is 366 g/mol. The van der Waals surface area contributed by atoms with Crippen LogP contribution >= 0.6 is 11.3 Å². The first-order valence-electron chi connectivity index (χ1n) is 7.56. The number of aromatic nitrogens is 1. The molecule has 0 atom stereocenters. The van der Waals surface area contributed by atoms with E-state index in [1.165, 1.54) is 19.2 Å². The minimum absolute atomic E-state index is 0.159. The Kier molecular flexibility index (Phi) is 4.60. The number of sulfonamides is 1. The summed E-state index contributed by atoms with van der Waals surface area (Å²) >= 11 is 1.01. The Morgan fingerprint density at radius 2 is 2.00 bits per heavy atom. The lowest BCUT2D eigenvalue weighted by Crippen LogP contribution is -2.12. The molecule has 2 aromatic rings. The molecule has 1 aromatic carbocycles. The summed E-state index contributed by atoms with van der Waals surface area (Å²) in [7, 11) is -2.43. The highest BCUT2D eigenvalue weighted by Crippen LogP contribution is 2.36. The molecule has 1 N–H and O–H groups in total. The van der Waals surface area contributed by atoms with Crippen molar-refractivity contribution in [3.63, 3.8) is 0 Å². The molecule has 1 aliphatic carbocycles. The van der Waals surface area contributed by atoms with Gasteiger partial charge in [-0.25, -0.2) is 18.2 Å². The first kappa shape index (κ1) is 16.9. The molecule has 8 heteroatoms. The van der Waals surface area contributed by atoms with E-state index in [4.69, 9.17) is 4.74 Å². The van der Waals surface area contributed by atoms with Gasteiger partial charge in [0, 0.05) is 0 Å². The smallest absolute Gasteiger partial charge is 0.350 e. The monoisotopic (exact) mass is 366 g/mol. The number of anilines is 1. The van der Waals surface area contributed by atoms with Gasteiger partial charge < -0.3 is 4.74 Å². The number of rotatable bonds is 6. The Morgan fingerprint density at radius 3 is 2.58 bits per heavy atom. The Hall–Kier alpha value is -1.93. The molecule has 24 heavy (non-hydrogen) atoms. The van der Waals surface area contributed by atoms with E-state index >= 15 is 0 Å². The fourth-order valence-electron chi connectivity index (χ4n) is 2.27. The first-order chi connectivity index (χ1) is 11.4. The molecule has 0 aliphatic heterocycles. The Bertz CT molecular complexity index is 853. The van der Waals surface area contributed by atoms with Crippen LogP contribution in [0.4, 0.5) is 5.13 Å². The fraction of sp³-hybridized carbons (Fsp3) is 0.375. The van der Waals surface area contributed by atoms with Crippen molar-refractivity contribution in [2.75, 3.05) is 11.8 Å². The predicted molar refractivity (Wildman–Crippen MR) is 91.9 cm³/mol. The van der Waals surface area contributed by atoms with Crippen LogP contribution < -0.4 is 4.72 Å². The number of benzene rings is 1. The number of hydrogen-bond donors (Lipinski definition) is 1. The Morgan fingerprint density at radius 1 is 1.33 bits per heavy atom. The molecule has 1 fully saturated rings. The van der Waals surface area contributed by atoms with E-state index in [2.05, 4.69) is 9.71 Å². The normalized spacial score (nSPS) is 14.4. The Labute approximate surface area is 144 Å². The van der Waals surface area contributed by atoms with Crippen LogP contribution in [0.2, 0.25) is 0 Å². The lowest BCUT2D eigenvalue weighted by atomic mass is 10.2. The molecule has 0 unspecified atom stereocenters. The van der Waals surface area contributed by atoms with Gasteiger partial charge in [-0.3, -0.25) is 4.72 Å². The van der Waals surface area contributed by atoms with Gasteiger partial charge in [0.1, 0.15) is 4.88 Å². The highest BCUT2D eigenvalue weighted by molar-refractivity contribution is 7.93. The van der Waals surface area contributed by atoms with Crippen LogP contribution in [0.25, 0.3) is 0 Å². The number of hydrogen-bond acceptors (Lipinski definition) is 6. The maximum Gasteiger partial charge on any atom is 0.350 e. The van der Waals surface area contributed by atoms with Crippen LogP contribution in [0.3, 0.4) is 0 Å². The van der Waals surface area contributed by atoms with E-state index in [1.807, 2.05) is 6.92 Å². The minimum atomic E-state index is -3.73. The third-order valence-electron chi connectivity index (χ3n) is 3.80. The molecule has 0 saturated heterocycles. The van der Waals surface area contributed by atoms with Gasteiger partial charge >= 0.3 is 5.97 Å². The number of nitrogens with one attached hydrogen (secondary N) is 1. The maximum atomic E-state index is 12.4. The molecule has 1 aromatic heterocycles. The molecule has 128 valence electrons. The minimum Gasteiger partial charge on any atom is -0.465 e. The summed E-state index contributed by atoms with van der Waals surface area (Å²) in [6.45, 7) is 1.89. The first-order valence-corrected chi connectivity index (χ1v) is 9.86. The maximum absolute atomic E-state index is 12.4. The van der Waals surface area contributed by atoms with E-state index in [9.17, 15) is 13.2 Å². The van der Waals surface area contributed by atoms with Crippen LogP contribution in [0.5, 0.6) is 0 Å². The number of ether oxygens (including phenoxy) is 1. The van der Waals surface area contributed by atoms with Crippen molar-refractivity contribution in [1.29, 1.82) is 0 Å². The molecule has 0 spiro atoms. The van der Waals surface area contributed by atoms with E-state index < -0.39 is 16.0 Å². The molecular weight excluding hydrogens is 348 g/mol. The summed E-state index contributed by atoms with van der Waals surface area (Å²) in [5, 5.41) is 0.187. The number of carbonyl (C=O) groups excluding carboxylic acids is 1. The summed E-state index contributed by atoms with van der Waals surface area (Å²) in [4.78, 5) is 16.7. The van der Waals surface area contributed by atoms with Crippen molar-refractivity contribution < 1.29 is 17.9 Å². The average Bonchev–Trinajstić information content (AvgIpc) is 3.27. The molecule has 3 rings (SSSR count). The largest absolute Gasteiger partial charge is 0.465 e. The summed E-state index contributed by atoms with van der Waals surface area (Å²) < 4.78 is 32.1. The second-order valence-electron chi connectivity index (χ2n) is 5.85. The summed E-state index contributed by atoms with van der Waals surface area (Å²) in [5.41, 5.74) is 1.58. The molecular formula is C16H18N2O4S2. The molecule has 1 saturated carbocycles. The van der Waals surface area contributed by atoms with Gasteiger partial charge in [0.15, 0.2) is 5.13 Å². The predicted octanol–water partition coefficient (Wildman–Crippen LogP) is 2.99. The molecule has 0 radical (unpaired) electrons. The van der Waals surface area contributed by atoms with E-state index in [1.54, 1.807) is 12.1 Å². The molecule has 1 aliphatic rings. The number of esters is 1. The summed E-state index contributed by atoms with van der Waals surface area (Å²) in [6.07, 6.45) is 2.90. The van der Waals surface area contributed by atoms with Crippen LogP contribution in [-0.2, 0) is 21.2 Å². The highest BCUT2D eigenvalue weighted by atomic mass is 32.2. The number of nitrogens with zero attached hydrogens (tertiary/aromatic N) is 1. The van der Waals surface area contributed by atoms with E-state index in [-0.39, 0.29) is 10.0 Å². The van der Waals surface area contributed by atoms with Crippen LogP contribution in [0.1, 0.15) is 33.8 Å². The standard InChI is InChI=1S/C16H18N2O4S2/c1-10-3-7-12(8-4-10)24(20,21)18-16-17-13(9-11-5-6-11)14(23-16)15(19)22-2/h3-4,7-8,11H,5-6,9H2,1-2H3,(H,17,18). The number of aryl methyl sites for hydroxylation is 1.